The number of nitrogens with zero attached hydrogens (tertiary/aromatic N) is 1. The molecule has 1 unspecified atom stereocenters. The molecule has 0 spiro atoms. The average molecular weight is 297 g/mol. The van der Waals surface area contributed by atoms with Crippen LogP contribution in [0, 0.1) is 11.8 Å². The van der Waals surface area contributed by atoms with Gasteiger partial charge in [0, 0.05) is 25.6 Å². The zero-order chi connectivity index (χ0) is 15.2. The molecule has 0 aliphatic heterocycles. The lowest BCUT2D eigenvalue weighted by molar-refractivity contribution is 0.171. The van der Waals surface area contributed by atoms with Crippen molar-refractivity contribution in [2.24, 2.45) is 0 Å². The van der Waals surface area contributed by atoms with Gasteiger partial charge in [0.05, 0.1) is 17.6 Å². The van der Waals surface area contributed by atoms with Gasteiger partial charge >= 0.3 is 0 Å². The summed E-state index contributed by atoms with van der Waals surface area (Å²) in [5.74, 6) is 5.59. The molecule has 1 atom stereocenters. The van der Waals surface area contributed by atoms with Crippen molar-refractivity contribution in [1.82, 2.24) is 4.31 Å². The summed E-state index contributed by atoms with van der Waals surface area (Å²) in [6.45, 7) is 1.58. The van der Waals surface area contributed by atoms with Crippen molar-refractivity contribution in [2.75, 3.05) is 20.2 Å². The number of likely N-dealkylation sites (N-methyl/N-ethyl adjacent to an activating group) is 1. The number of sulfonamides is 1. The highest BCUT2D eigenvalue weighted by Gasteiger charge is 2.21. The third kappa shape index (κ3) is 4.62. The molecule has 0 fully saturated rings. The maximum Gasteiger partial charge on any atom is 0.242 e. The van der Waals surface area contributed by atoms with E-state index in [0.29, 0.717) is 12.0 Å². The second-order valence-electron chi connectivity index (χ2n) is 4.43. The van der Waals surface area contributed by atoms with Crippen molar-refractivity contribution in [3.05, 3.63) is 29.8 Å². The fraction of sp³-hybridized carbons (Fsp3) is 0.429. The smallest absolute Gasteiger partial charge is 0.242 e. The highest BCUT2D eigenvalue weighted by molar-refractivity contribution is 7.89. The fourth-order valence-electron chi connectivity index (χ4n) is 1.58. The Hall–Kier alpha value is -1.39. The molecule has 0 saturated heterocycles. The van der Waals surface area contributed by atoms with Crippen LogP contribution in [-0.4, -0.2) is 49.2 Å². The number of benzene rings is 1. The topological polar surface area (TPSA) is 77.8 Å². The van der Waals surface area contributed by atoms with Crippen LogP contribution in [0.2, 0.25) is 0 Å². The third-order valence-corrected chi connectivity index (χ3v) is 4.39. The predicted octanol–water partition coefficient (Wildman–Crippen LogP) is 0.422. The maximum absolute atomic E-state index is 12.2. The quantitative estimate of drug-likeness (QED) is 0.772. The Labute approximate surface area is 119 Å². The molecule has 0 bridgehead atoms. The molecule has 0 radical (unpaired) electrons. The van der Waals surface area contributed by atoms with Gasteiger partial charge in [0.25, 0.3) is 0 Å². The van der Waals surface area contributed by atoms with Gasteiger partial charge in [0.1, 0.15) is 0 Å². The first-order chi connectivity index (χ1) is 9.37. The summed E-state index contributed by atoms with van der Waals surface area (Å²) in [7, 11) is -2.16. The summed E-state index contributed by atoms with van der Waals surface area (Å²) in [6, 6.07) is 6.20. The standard InChI is InChI=1S/C14H19NO4S/c1-12(17)11-15(2)20(18,19)14-8-6-13(7-9-14)5-3-4-10-16/h6-9,12,16-17H,4,10-11H2,1-2H3. The summed E-state index contributed by atoms with van der Waals surface area (Å²) in [6.07, 6.45) is -0.338. The Morgan fingerprint density at radius 2 is 1.90 bits per heavy atom. The Kier molecular flexibility index (Phi) is 6.17. The zero-order valence-electron chi connectivity index (χ0n) is 11.6. The normalized spacial score (nSPS) is 12.8. The van der Waals surface area contributed by atoms with Gasteiger partial charge in [-0.2, -0.15) is 4.31 Å². The molecule has 6 heteroatoms. The molecule has 1 rings (SSSR count). The van der Waals surface area contributed by atoms with Crippen LogP contribution in [0.4, 0.5) is 0 Å². The Balaban J connectivity index is 2.90. The van der Waals surface area contributed by atoms with E-state index in [0.717, 1.165) is 4.31 Å². The first kappa shape index (κ1) is 16.7. The fourth-order valence-corrected chi connectivity index (χ4v) is 2.83. The van der Waals surface area contributed by atoms with Crippen LogP contribution in [0.25, 0.3) is 0 Å². The highest BCUT2D eigenvalue weighted by Crippen LogP contribution is 2.15. The lowest BCUT2D eigenvalue weighted by Gasteiger charge is -2.18. The van der Waals surface area contributed by atoms with Gasteiger partial charge < -0.3 is 10.2 Å². The predicted molar refractivity (Wildman–Crippen MR) is 76.5 cm³/mol. The first-order valence-corrected chi connectivity index (χ1v) is 7.66. The van der Waals surface area contributed by atoms with Crippen LogP contribution in [-0.2, 0) is 10.0 Å². The number of rotatable bonds is 5. The van der Waals surface area contributed by atoms with Crippen molar-refractivity contribution in [3.63, 3.8) is 0 Å². The molecule has 0 aliphatic rings. The van der Waals surface area contributed by atoms with E-state index >= 15 is 0 Å². The van der Waals surface area contributed by atoms with Crippen molar-refractivity contribution < 1.29 is 18.6 Å². The van der Waals surface area contributed by atoms with Gasteiger partial charge in [-0.3, -0.25) is 0 Å². The van der Waals surface area contributed by atoms with E-state index in [9.17, 15) is 13.5 Å². The van der Waals surface area contributed by atoms with E-state index in [1.807, 2.05) is 0 Å². The number of hydrogen-bond donors (Lipinski definition) is 2. The molecule has 5 nitrogen and oxygen atoms in total. The lowest BCUT2D eigenvalue weighted by atomic mass is 10.2. The second-order valence-corrected chi connectivity index (χ2v) is 6.48. The lowest BCUT2D eigenvalue weighted by Crippen LogP contribution is -2.33. The Morgan fingerprint density at radius 1 is 1.30 bits per heavy atom. The Morgan fingerprint density at radius 3 is 2.40 bits per heavy atom. The summed E-state index contributed by atoms with van der Waals surface area (Å²) in [5, 5.41) is 17.9. The van der Waals surface area contributed by atoms with E-state index in [4.69, 9.17) is 5.11 Å². The van der Waals surface area contributed by atoms with Gasteiger partial charge in [-0.25, -0.2) is 8.42 Å². The van der Waals surface area contributed by atoms with E-state index in [1.54, 1.807) is 12.1 Å². The van der Waals surface area contributed by atoms with Crippen molar-refractivity contribution in [2.45, 2.75) is 24.3 Å². The van der Waals surface area contributed by atoms with Crippen LogP contribution in [0.5, 0.6) is 0 Å². The third-order valence-electron chi connectivity index (χ3n) is 2.55. The maximum atomic E-state index is 12.2. The van der Waals surface area contributed by atoms with Gasteiger partial charge in [0.15, 0.2) is 0 Å². The highest BCUT2D eigenvalue weighted by atomic mass is 32.2. The molecule has 0 amide bonds. The van der Waals surface area contributed by atoms with Gasteiger partial charge in [0.2, 0.25) is 10.0 Å². The van der Waals surface area contributed by atoms with E-state index < -0.39 is 16.1 Å². The summed E-state index contributed by atoms with van der Waals surface area (Å²) in [4.78, 5) is 0.161. The van der Waals surface area contributed by atoms with Crippen LogP contribution < -0.4 is 0 Å². The van der Waals surface area contributed by atoms with Crippen molar-refractivity contribution >= 4 is 10.0 Å². The molecule has 1 aromatic carbocycles. The minimum atomic E-state index is -3.59. The Bertz CT molecular complexity index is 582. The van der Waals surface area contributed by atoms with E-state index in [2.05, 4.69) is 11.8 Å². The van der Waals surface area contributed by atoms with Gasteiger partial charge in [-0.1, -0.05) is 11.8 Å². The zero-order valence-corrected chi connectivity index (χ0v) is 12.4. The first-order valence-electron chi connectivity index (χ1n) is 6.22. The molecule has 110 valence electrons. The molecular formula is C14H19NO4S. The summed E-state index contributed by atoms with van der Waals surface area (Å²) >= 11 is 0. The van der Waals surface area contributed by atoms with Crippen LogP contribution in [0.3, 0.4) is 0 Å². The van der Waals surface area contributed by atoms with Gasteiger partial charge in [-0.05, 0) is 31.2 Å². The summed E-state index contributed by atoms with van der Waals surface area (Å²) < 4.78 is 25.5. The molecule has 0 saturated carbocycles. The van der Waals surface area contributed by atoms with Crippen molar-refractivity contribution in [1.29, 1.82) is 0 Å². The largest absolute Gasteiger partial charge is 0.395 e. The molecule has 0 heterocycles. The molecule has 0 aliphatic carbocycles. The number of aliphatic hydroxyl groups is 2. The van der Waals surface area contributed by atoms with E-state index in [-0.39, 0.29) is 18.0 Å². The average Bonchev–Trinajstić information content (AvgIpc) is 2.39. The molecule has 0 aromatic heterocycles. The molecule has 20 heavy (non-hydrogen) atoms. The molecule has 2 N–H and O–H groups in total. The molecule has 1 aromatic rings. The minimum Gasteiger partial charge on any atom is -0.395 e. The van der Waals surface area contributed by atoms with E-state index in [1.165, 1.54) is 26.1 Å². The van der Waals surface area contributed by atoms with Crippen LogP contribution in [0.15, 0.2) is 29.2 Å². The van der Waals surface area contributed by atoms with Crippen LogP contribution >= 0.6 is 0 Å². The minimum absolute atomic E-state index is 0.00357. The van der Waals surface area contributed by atoms with Crippen LogP contribution in [0.1, 0.15) is 18.9 Å². The number of hydrogen-bond acceptors (Lipinski definition) is 4. The summed E-state index contributed by atoms with van der Waals surface area (Å²) in [5.41, 5.74) is 0.690. The second kappa shape index (κ2) is 7.41. The van der Waals surface area contributed by atoms with Gasteiger partial charge in [-0.15, -0.1) is 0 Å². The van der Waals surface area contributed by atoms with Crippen molar-refractivity contribution in [3.8, 4) is 11.8 Å². The molecular weight excluding hydrogens is 278 g/mol. The number of aliphatic hydroxyl groups excluding tert-OH is 2. The monoisotopic (exact) mass is 297 g/mol. The SMILES string of the molecule is CC(O)CN(C)S(=O)(=O)c1ccc(C#CCCO)cc1.